The topological polar surface area (TPSA) is 48.0 Å². The van der Waals surface area contributed by atoms with E-state index in [4.69, 9.17) is 15.1 Å². The summed E-state index contributed by atoms with van der Waals surface area (Å²) < 4.78 is 4.40. The van der Waals surface area contributed by atoms with Crippen LogP contribution in [-0.2, 0) is 0 Å². The van der Waals surface area contributed by atoms with Crippen molar-refractivity contribution in [3.8, 4) is 50.7 Å². The largest absolute Gasteiger partial charge is 0.309 e. The van der Waals surface area contributed by atoms with Gasteiger partial charge in [0.15, 0.2) is 5.82 Å². The first-order valence-electron chi connectivity index (χ1n) is 19.6. The number of para-hydroxylation sites is 3. The lowest BCUT2D eigenvalue weighted by Crippen LogP contribution is -1.99. The maximum absolute atomic E-state index is 5.25. The average molecular weight is 740 g/mol. The molecule has 0 saturated carbocycles. The van der Waals surface area contributed by atoms with Crippen molar-refractivity contribution in [2.75, 3.05) is 0 Å². The van der Waals surface area contributed by atoms with Crippen LogP contribution in [0.25, 0.3) is 111 Å². The molecule has 0 spiro atoms. The van der Waals surface area contributed by atoms with Gasteiger partial charge >= 0.3 is 0 Å². The Kier molecular flexibility index (Phi) is 7.16. The number of rotatable bonds is 5. The van der Waals surface area contributed by atoms with Gasteiger partial charge in [-0.3, -0.25) is 0 Å². The number of hydrogen-bond acceptors (Lipinski definition) is 3. The third-order valence-corrected chi connectivity index (χ3v) is 11.5. The molecular formula is C53H33N5. The fraction of sp³-hybridized carbons (Fsp3) is 0. The van der Waals surface area contributed by atoms with Crippen LogP contribution in [-0.4, -0.2) is 24.1 Å². The smallest absolute Gasteiger partial charge is 0.161 e. The molecule has 4 heterocycles. The lowest BCUT2D eigenvalue weighted by Gasteiger charge is -2.13. The van der Waals surface area contributed by atoms with Crippen LogP contribution in [0, 0.1) is 0 Å². The summed E-state index contributed by atoms with van der Waals surface area (Å²) in [5.74, 6) is 0.811. The summed E-state index contributed by atoms with van der Waals surface area (Å²) in [5, 5.41) is 12.1. The molecule has 8 aromatic carbocycles. The summed E-state index contributed by atoms with van der Waals surface area (Å²) in [6, 6.07) is 70.9. The Morgan fingerprint density at radius 1 is 0.328 bits per heavy atom. The van der Waals surface area contributed by atoms with Crippen LogP contribution >= 0.6 is 0 Å². The Hall–Kier alpha value is -7.89. The van der Waals surface area contributed by atoms with Crippen molar-refractivity contribution in [1.82, 2.24) is 24.1 Å². The number of pyridine rings is 1. The van der Waals surface area contributed by atoms with Crippen LogP contribution in [0.15, 0.2) is 200 Å². The number of hydrogen-bond donors (Lipinski definition) is 0. The van der Waals surface area contributed by atoms with Crippen molar-refractivity contribution in [1.29, 1.82) is 0 Å². The first-order chi connectivity index (χ1) is 28.7. The molecule has 270 valence electrons. The summed E-state index contributed by atoms with van der Waals surface area (Å²) in [7, 11) is 0. The molecule has 0 aliphatic heterocycles. The van der Waals surface area contributed by atoms with E-state index >= 15 is 0 Å². The number of nitrogens with zero attached hydrogens (tertiary/aromatic N) is 5. The molecule has 4 aromatic heterocycles. The molecule has 5 nitrogen and oxygen atoms in total. The molecule has 0 radical (unpaired) electrons. The predicted molar refractivity (Wildman–Crippen MR) is 239 cm³/mol. The summed E-state index contributed by atoms with van der Waals surface area (Å²) in [4.78, 5) is 10.4. The van der Waals surface area contributed by atoms with Gasteiger partial charge < -0.3 is 4.57 Å². The molecule has 12 rings (SSSR count). The molecule has 0 unspecified atom stereocenters. The molecule has 5 heteroatoms. The van der Waals surface area contributed by atoms with Gasteiger partial charge in [0.25, 0.3) is 0 Å². The maximum atomic E-state index is 5.25. The first kappa shape index (κ1) is 32.4. The maximum Gasteiger partial charge on any atom is 0.161 e. The summed E-state index contributed by atoms with van der Waals surface area (Å²) in [6.07, 6.45) is 0. The van der Waals surface area contributed by atoms with E-state index in [-0.39, 0.29) is 0 Å². The van der Waals surface area contributed by atoms with E-state index in [0.717, 1.165) is 88.9 Å². The molecule has 12 aromatic rings. The second kappa shape index (κ2) is 12.8. The molecular weight excluding hydrogens is 707 g/mol. The zero-order chi connectivity index (χ0) is 38.2. The van der Waals surface area contributed by atoms with Gasteiger partial charge in [0.1, 0.15) is 0 Å². The standard InChI is InChI=1S/C53H33N5/c1-3-14-35(15-4-1)48-33-51-42-22-8-11-24-47(42)55-53(58(51)56-48)37-28-26-34(27-29-37)38-18-13-19-39(30-38)57-49-25-12-9-21-41(49)44-31-43-40-20-7-10-23-46(40)54-52(45(43)32-50(44)57)36-16-5-2-6-17-36/h1-33H. The fourth-order valence-corrected chi connectivity index (χ4v) is 8.76. The van der Waals surface area contributed by atoms with Crippen molar-refractivity contribution in [2.45, 2.75) is 0 Å². The Morgan fingerprint density at radius 3 is 1.76 bits per heavy atom. The van der Waals surface area contributed by atoms with Gasteiger partial charge in [0, 0.05) is 49.3 Å². The van der Waals surface area contributed by atoms with Crippen molar-refractivity contribution < 1.29 is 0 Å². The average Bonchev–Trinajstić information content (AvgIpc) is 3.89. The van der Waals surface area contributed by atoms with Crippen LogP contribution in [0.1, 0.15) is 0 Å². The lowest BCUT2D eigenvalue weighted by molar-refractivity contribution is 0.949. The zero-order valence-electron chi connectivity index (χ0n) is 31.3. The van der Waals surface area contributed by atoms with E-state index in [1.54, 1.807) is 0 Å². The van der Waals surface area contributed by atoms with Gasteiger partial charge in [-0.05, 0) is 65.0 Å². The predicted octanol–water partition coefficient (Wildman–Crippen LogP) is 13.3. The van der Waals surface area contributed by atoms with Gasteiger partial charge in [-0.1, -0.05) is 152 Å². The highest BCUT2D eigenvalue weighted by atomic mass is 15.3. The Balaban J connectivity index is 1.00. The van der Waals surface area contributed by atoms with Crippen molar-refractivity contribution >= 4 is 59.9 Å². The molecule has 0 bridgehead atoms. The van der Waals surface area contributed by atoms with Gasteiger partial charge in [-0.25, -0.2) is 14.5 Å². The van der Waals surface area contributed by atoms with E-state index < -0.39 is 0 Å². The van der Waals surface area contributed by atoms with Gasteiger partial charge in [-0.15, -0.1) is 0 Å². The van der Waals surface area contributed by atoms with E-state index in [9.17, 15) is 0 Å². The Morgan fingerprint density at radius 2 is 0.966 bits per heavy atom. The molecule has 0 atom stereocenters. The molecule has 0 aliphatic carbocycles. The van der Waals surface area contributed by atoms with E-state index in [0.29, 0.717) is 0 Å². The fourth-order valence-electron chi connectivity index (χ4n) is 8.76. The second-order valence-electron chi connectivity index (χ2n) is 14.9. The molecule has 0 aliphatic rings. The van der Waals surface area contributed by atoms with Crippen molar-refractivity contribution in [3.05, 3.63) is 200 Å². The van der Waals surface area contributed by atoms with E-state index in [1.807, 2.05) is 16.6 Å². The zero-order valence-corrected chi connectivity index (χ0v) is 31.3. The Bertz CT molecular complexity index is 3550. The van der Waals surface area contributed by atoms with E-state index in [2.05, 4.69) is 193 Å². The minimum absolute atomic E-state index is 0.811. The second-order valence-corrected chi connectivity index (χ2v) is 14.9. The van der Waals surface area contributed by atoms with Gasteiger partial charge in [-0.2, -0.15) is 5.10 Å². The highest BCUT2D eigenvalue weighted by Crippen LogP contribution is 2.40. The quantitative estimate of drug-likeness (QED) is 0.165. The number of fused-ring (bicyclic) bond motifs is 9. The van der Waals surface area contributed by atoms with Gasteiger partial charge in [0.2, 0.25) is 0 Å². The summed E-state index contributed by atoms with van der Waals surface area (Å²) in [5.41, 5.74) is 13.8. The van der Waals surface area contributed by atoms with Crippen LogP contribution in [0.4, 0.5) is 0 Å². The van der Waals surface area contributed by atoms with Crippen molar-refractivity contribution in [2.24, 2.45) is 0 Å². The first-order valence-corrected chi connectivity index (χ1v) is 19.6. The third-order valence-electron chi connectivity index (χ3n) is 11.5. The number of aromatic nitrogens is 5. The van der Waals surface area contributed by atoms with Crippen LogP contribution in [0.3, 0.4) is 0 Å². The molecule has 0 fully saturated rings. The monoisotopic (exact) mass is 739 g/mol. The highest BCUT2D eigenvalue weighted by Gasteiger charge is 2.19. The third kappa shape index (κ3) is 5.07. The van der Waals surface area contributed by atoms with Crippen LogP contribution < -0.4 is 0 Å². The molecule has 0 amide bonds. The highest BCUT2D eigenvalue weighted by molar-refractivity contribution is 6.20. The minimum Gasteiger partial charge on any atom is -0.309 e. The molecule has 58 heavy (non-hydrogen) atoms. The normalized spacial score (nSPS) is 11.8. The minimum atomic E-state index is 0.811. The number of benzene rings is 8. The van der Waals surface area contributed by atoms with Crippen LogP contribution in [0.5, 0.6) is 0 Å². The van der Waals surface area contributed by atoms with Gasteiger partial charge in [0.05, 0.1) is 39.0 Å². The van der Waals surface area contributed by atoms with Crippen LogP contribution in [0.2, 0.25) is 0 Å². The SMILES string of the molecule is c1ccc(-c2cc3c4ccccc4nc(-c4ccc(-c5cccc(-n6c7ccccc7c7cc8c(cc76)c(-c6ccccc6)nc6ccccc68)c5)cc4)n3n2)cc1. The van der Waals surface area contributed by atoms with E-state index in [1.165, 1.54) is 21.7 Å². The molecule has 0 N–H and O–H groups in total. The lowest BCUT2D eigenvalue weighted by atomic mass is 9.98. The van der Waals surface area contributed by atoms with Crippen molar-refractivity contribution in [3.63, 3.8) is 0 Å². The molecule has 0 saturated heterocycles. The Labute approximate surface area is 333 Å². The summed E-state index contributed by atoms with van der Waals surface area (Å²) in [6.45, 7) is 0. The summed E-state index contributed by atoms with van der Waals surface area (Å²) >= 11 is 0.